The van der Waals surface area contributed by atoms with Gasteiger partial charge in [0.15, 0.2) is 0 Å². The minimum absolute atomic E-state index is 0. The fourth-order valence-corrected chi connectivity index (χ4v) is 3.26. The van der Waals surface area contributed by atoms with Crippen molar-refractivity contribution in [2.45, 2.75) is 12.8 Å². The van der Waals surface area contributed by atoms with Gasteiger partial charge in [-0.15, -0.1) is 12.4 Å². The van der Waals surface area contributed by atoms with E-state index in [0.29, 0.717) is 0 Å². The molecule has 0 radical (unpaired) electrons. The van der Waals surface area contributed by atoms with E-state index in [9.17, 15) is 0 Å². The summed E-state index contributed by atoms with van der Waals surface area (Å²) in [5, 5.41) is 0. The Hall–Kier alpha value is 0.980. The number of fused-ring (bicyclic) bond motifs is 3. The van der Waals surface area contributed by atoms with E-state index in [1.807, 2.05) is 0 Å². The van der Waals surface area contributed by atoms with Crippen LogP contribution in [0.3, 0.4) is 0 Å². The van der Waals surface area contributed by atoms with E-state index in [0.717, 1.165) is 11.8 Å². The van der Waals surface area contributed by atoms with Crippen LogP contribution in [0, 0.1) is 11.8 Å². The van der Waals surface area contributed by atoms with E-state index in [-0.39, 0.29) is 12.4 Å². The highest BCUT2D eigenvalue weighted by atomic mass is 127. The van der Waals surface area contributed by atoms with E-state index < -0.39 is 0 Å². The van der Waals surface area contributed by atoms with Crippen molar-refractivity contribution < 1.29 is 0 Å². The van der Waals surface area contributed by atoms with Crippen molar-refractivity contribution in [1.29, 1.82) is 0 Å². The van der Waals surface area contributed by atoms with E-state index in [4.69, 9.17) is 0 Å². The third-order valence-electron chi connectivity index (χ3n) is 2.99. The van der Waals surface area contributed by atoms with Crippen LogP contribution in [-0.2, 0) is 0 Å². The molecule has 0 amide bonds. The van der Waals surface area contributed by atoms with Gasteiger partial charge in [-0.05, 0) is 37.8 Å². The molecule has 3 aliphatic rings. The Kier molecular flexibility index (Phi) is 3.92. The molecule has 0 aromatic heterocycles. The third kappa shape index (κ3) is 2.01. The molecule has 0 saturated carbocycles. The standard InChI is InChI=1S/C8H14IN.ClH/c9-5-8-6-10-3-1-7(8)2-4-10;/h7-8H,1-6H2;1H. The topological polar surface area (TPSA) is 3.24 Å². The van der Waals surface area contributed by atoms with Crippen LogP contribution in [0.2, 0.25) is 0 Å². The molecule has 3 saturated heterocycles. The maximum absolute atomic E-state index is 2.63. The molecular weight excluding hydrogens is 272 g/mol. The Morgan fingerprint density at radius 2 is 1.91 bits per heavy atom. The van der Waals surface area contributed by atoms with Gasteiger partial charge in [-0.1, -0.05) is 22.6 Å². The summed E-state index contributed by atoms with van der Waals surface area (Å²) in [6.07, 6.45) is 2.96. The number of rotatable bonds is 1. The molecule has 0 aromatic carbocycles. The molecule has 3 rings (SSSR count). The first-order valence-electron chi connectivity index (χ1n) is 4.18. The zero-order chi connectivity index (χ0) is 6.97. The first-order chi connectivity index (χ1) is 4.90. The minimum atomic E-state index is 0. The first kappa shape index (κ1) is 10.1. The van der Waals surface area contributed by atoms with Crippen LogP contribution in [0.5, 0.6) is 0 Å². The molecule has 3 fully saturated rings. The van der Waals surface area contributed by atoms with Crippen molar-refractivity contribution >= 4 is 35.0 Å². The van der Waals surface area contributed by atoms with E-state index in [2.05, 4.69) is 27.5 Å². The fourth-order valence-electron chi connectivity index (χ4n) is 2.26. The highest BCUT2D eigenvalue weighted by Gasteiger charge is 2.32. The van der Waals surface area contributed by atoms with Gasteiger partial charge in [0.1, 0.15) is 0 Å². The lowest BCUT2D eigenvalue weighted by atomic mass is 9.80. The van der Waals surface area contributed by atoms with E-state index in [1.165, 1.54) is 36.9 Å². The van der Waals surface area contributed by atoms with Crippen LogP contribution in [-0.4, -0.2) is 29.0 Å². The Morgan fingerprint density at radius 3 is 2.18 bits per heavy atom. The van der Waals surface area contributed by atoms with Gasteiger partial charge in [-0.3, -0.25) is 0 Å². The average molecular weight is 288 g/mol. The lowest BCUT2D eigenvalue weighted by molar-refractivity contribution is 0.0639. The van der Waals surface area contributed by atoms with Crippen LogP contribution >= 0.6 is 35.0 Å². The highest BCUT2D eigenvalue weighted by Crippen LogP contribution is 2.32. The second-order valence-corrected chi connectivity index (χ2v) is 4.43. The lowest BCUT2D eigenvalue weighted by Gasteiger charge is -2.44. The molecule has 3 aliphatic heterocycles. The number of hydrogen-bond donors (Lipinski definition) is 0. The zero-order valence-electron chi connectivity index (χ0n) is 6.63. The van der Waals surface area contributed by atoms with Crippen molar-refractivity contribution in [3.05, 3.63) is 0 Å². The Morgan fingerprint density at radius 1 is 1.27 bits per heavy atom. The monoisotopic (exact) mass is 287 g/mol. The summed E-state index contributed by atoms with van der Waals surface area (Å²) < 4.78 is 1.37. The highest BCUT2D eigenvalue weighted by molar-refractivity contribution is 14.1. The van der Waals surface area contributed by atoms with Crippen LogP contribution in [0.4, 0.5) is 0 Å². The predicted octanol–water partition coefficient (Wildman–Crippen LogP) is 2.19. The average Bonchev–Trinajstić information content (AvgIpc) is 2.06. The van der Waals surface area contributed by atoms with Crippen molar-refractivity contribution in [3.63, 3.8) is 0 Å². The molecule has 66 valence electrons. The normalized spacial score (nSPS) is 41.7. The quantitative estimate of drug-likeness (QED) is 0.528. The lowest BCUT2D eigenvalue weighted by Crippen LogP contribution is -2.47. The predicted molar refractivity (Wildman–Crippen MR) is 58.8 cm³/mol. The van der Waals surface area contributed by atoms with Gasteiger partial charge in [0.2, 0.25) is 0 Å². The van der Waals surface area contributed by atoms with Crippen molar-refractivity contribution in [1.82, 2.24) is 4.90 Å². The van der Waals surface area contributed by atoms with Crippen LogP contribution in [0.1, 0.15) is 12.8 Å². The van der Waals surface area contributed by atoms with Crippen LogP contribution < -0.4 is 0 Å². The number of piperidine rings is 3. The molecule has 1 atom stereocenters. The summed E-state index contributed by atoms with van der Waals surface area (Å²) in [4.78, 5) is 2.63. The third-order valence-corrected chi connectivity index (χ3v) is 4.12. The number of hydrogen-bond acceptors (Lipinski definition) is 1. The van der Waals surface area contributed by atoms with Gasteiger partial charge in [-0.2, -0.15) is 0 Å². The first-order valence-corrected chi connectivity index (χ1v) is 5.71. The number of halogens is 2. The summed E-state index contributed by atoms with van der Waals surface area (Å²) in [5.74, 6) is 2.12. The van der Waals surface area contributed by atoms with Gasteiger partial charge in [-0.25, -0.2) is 0 Å². The molecule has 1 unspecified atom stereocenters. The second kappa shape index (κ2) is 4.28. The van der Waals surface area contributed by atoms with Gasteiger partial charge >= 0.3 is 0 Å². The molecule has 1 nitrogen and oxygen atoms in total. The maximum Gasteiger partial charge on any atom is 0.00385 e. The SMILES string of the molecule is Cl.ICC1CN2CCC1CC2. The molecule has 0 aromatic rings. The zero-order valence-corrected chi connectivity index (χ0v) is 9.60. The minimum Gasteiger partial charge on any atom is -0.303 e. The molecule has 3 heteroatoms. The summed E-state index contributed by atoms with van der Waals surface area (Å²) in [6, 6.07) is 0. The maximum atomic E-state index is 2.63. The molecule has 3 heterocycles. The van der Waals surface area contributed by atoms with E-state index >= 15 is 0 Å². The Bertz CT molecular complexity index is 123. The van der Waals surface area contributed by atoms with Gasteiger partial charge in [0.05, 0.1) is 0 Å². The number of alkyl halides is 1. The summed E-state index contributed by atoms with van der Waals surface area (Å²) in [7, 11) is 0. The molecule has 11 heavy (non-hydrogen) atoms. The molecular formula is C8H15ClIN. The largest absolute Gasteiger partial charge is 0.303 e. The summed E-state index contributed by atoms with van der Waals surface area (Å²) in [6.45, 7) is 4.17. The van der Waals surface area contributed by atoms with Crippen LogP contribution in [0.15, 0.2) is 0 Å². The number of nitrogens with zero attached hydrogens (tertiary/aromatic N) is 1. The molecule has 2 bridgehead atoms. The van der Waals surface area contributed by atoms with Gasteiger partial charge < -0.3 is 4.90 Å². The van der Waals surface area contributed by atoms with Crippen molar-refractivity contribution in [2.24, 2.45) is 11.8 Å². The Labute approximate surface area is 88.5 Å². The van der Waals surface area contributed by atoms with Gasteiger partial charge in [0, 0.05) is 11.0 Å². The summed E-state index contributed by atoms with van der Waals surface area (Å²) in [5.41, 5.74) is 0. The van der Waals surface area contributed by atoms with Crippen LogP contribution in [0.25, 0.3) is 0 Å². The molecule has 0 spiro atoms. The summed E-state index contributed by atoms with van der Waals surface area (Å²) >= 11 is 2.54. The molecule has 0 N–H and O–H groups in total. The molecule has 0 aliphatic carbocycles. The Balaban J connectivity index is 0.000000605. The van der Waals surface area contributed by atoms with E-state index in [1.54, 1.807) is 0 Å². The van der Waals surface area contributed by atoms with Gasteiger partial charge in [0.25, 0.3) is 0 Å². The van der Waals surface area contributed by atoms with Crippen molar-refractivity contribution in [3.8, 4) is 0 Å². The smallest absolute Gasteiger partial charge is 0.00385 e. The fraction of sp³-hybridized carbons (Fsp3) is 1.00. The van der Waals surface area contributed by atoms with Crippen molar-refractivity contribution in [2.75, 3.05) is 24.1 Å². The second-order valence-electron chi connectivity index (χ2n) is 3.55.